The van der Waals surface area contributed by atoms with E-state index in [4.69, 9.17) is 5.73 Å². The Morgan fingerprint density at radius 3 is 2.79 bits per heavy atom. The summed E-state index contributed by atoms with van der Waals surface area (Å²) >= 11 is 6.72. The van der Waals surface area contributed by atoms with E-state index < -0.39 is 0 Å². The first-order valence-corrected chi connectivity index (χ1v) is 7.05. The molecule has 1 heterocycles. The zero-order valence-electron chi connectivity index (χ0n) is 10.1. The highest BCUT2D eigenvalue weighted by molar-refractivity contribution is 9.11. The van der Waals surface area contributed by atoms with Crippen molar-refractivity contribution >= 4 is 49.3 Å². The Kier molecular flexibility index (Phi) is 4.21. The van der Waals surface area contributed by atoms with Crippen LogP contribution in [0.5, 0.6) is 0 Å². The lowest BCUT2D eigenvalue weighted by molar-refractivity contribution is 0.102. The molecule has 2 rings (SSSR count). The van der Waals surface area contributed by atoms with Crippen molar-refractivity contribution in [1.82, 2.24) is 4.98 Å². The first kappa shape index (κ1) is 14.0. The maximum Gasteiger partial charge on any atom is 0.258 e. The van der Waals surface area contributed by atoms with Crippen LogP contribution in [0.25, 0.3) is 0 Å². The normalized spacial score (nSPS) is 10.3. The minimum Gasteiger partial charge on any atom is -0.397 e. The predicted molar refractivity (Wildman–Crippen MR) is 83.2 cm³/mol. The van der Waals surface area contributed by atoms with E-state index in [9.17, 15) is 4.79 Å². The summed E-state index contributed by atoms with van der Waals surface area (Å²) in [6, 6.07) is 7.20. The molecule has 0 radical (unpaired) electrons. The molecule has 0 saturated carbocycles. The average molecular weight is 385 g/mol. The average Bonchev–Trinajstić information content (AvgIpc) is 2.36. The number of pyridine rings is 1. The number of nitrogens with two attached hydrogens (primary N) is 1. The molecule has 0 aliphatic rings. The van der Waals surface area contributed by atoms with E-state index >= 15 is 0 Å². The van der Waals surface area contributed by atoms with Crippen LogP contribution in [0.15, 0.2) is 39.4 Å². The molecule has 0 aliphatic heterocycles. The molecule has 0 bridgehead atoms. The lowest BCUT2D eigenvalue weighted by Crippen LogP contribution is -2.14. The van der Waals surface area contributed by atoms with Crippen molar-refractivity contribution in [2.24, 2.45) is 0 Å². The third-order valence-corrected chi connectivity index (χ3v) is 4.19. The predicted octanol–water partition coefficient (Wildman–Crippen LogP) is 3.75. The largest absolute Gasteiger partial charge is 0.397 e. The first-order valence-electron chi connectivity index (χ1n) is 5.46. The molecule has 4 nitrogen and oxygen atoms in total. The second kappa shape index (κ2) is 5.71. The second-order valence-corrected chi connectivity index (χ2v) is 5.64. The SMILES string of the molecule is Cc1cccc(C(=O)Nc2ncc(N)cc2Br)c1Br. The topological polar surface area (TPSA) is 68.0 Å². The lowest BCUT2D eigenvalue weighted by atomic mass is 10.1. The monoisotopic (exact) mass is 383 g/mol. The summed E-state index contributed by atoms with van der Waals surface area (Å²) in [5, 5.41) is 2.74. The maximum absolute atomic E-state index is 12.2. The Balaban J connectivity index is 2.28. The van der Waals surface area contributed by atoms with Gasteiger partial charge in [0.15, 0.2) is 0 Å². The second-order valence-electron chi connectivity index (χ2n) is 3.99. The van der Waals surface area contributed by atoms with Crippen molar-refractivity contribution in [1.29, 1.82) is 0 Å². The quantitative estimate of drug-likeness (QED) is 0.828. The van der Waals surface area contributed by atoms with Crippen LogP contribution in [0.3, 0.4) is 0 Å². The standard InChI is InChI=1S/C13H11Br2N3O/c1-7-3-2-4-9(11(7)15)13(19)18-12-10(14)5-8(16)6-17-12/h2-6H,16H2,1H3,(H,17,18,19). The number of rotatable bonds is 2. The fourth-order valence-corrected chi connectivity index (χ4v) is 2.45. The summed E-state index contributed by atoms with van der Waals surface area (Å²) in [5.41, 5.74) is 7.69. The number of carbonyl (C=O) groups is 1. The maximum atomic E-state index is 12.2. The number of anilines is 2. The van der Waals surface area contributed by atoms with Crippen molar-refractivity contribution < 1.29 is 4.79 Å². The number of hydrogen-bond donors (Lipinski definition) is 2. The van der Waals surface area contributed by atoms with E-state index in [0.717, 1.165) is 10.0 Å². The van der Waals surface area contributed by atoms with E-state index in [2.05, 4.69) is 42.2 Å². The van der Waals surface area contributed by atoms with Crippen LogP contribution in [-0.4, -0.2) is 10.9 Å². The number of nitrogen functional groups attached to an aromatic ring is 1. The van der Waals surface area contributed by atoms with Gasteiger partial charge < -0.3 is 11.1 Å². The van der Waals surface area contributed by atoms with Crippen molar-refractivity contribution in [3.8, 4) is 0 Å². The Morgan fingerprint density at radius 1 is 1.37 bits per heavy atom. The number of benzene rings is 1. The van der Waals surface area contributed by atoms with E-state index in [1.807, 2.05) is 19.1 Å². The summed E-state index contributed by atoms with van der Waals surface area (Å²) in [5.74, 6) is 0.209. The third-order valence-electron chi connectivity index (χ3n) is 2.53. The van der Waals surface area contributed by atoms with Crippen LogP contribution in [0.4, 0.5) is 11.5 Å². The van der Waals surface area contributed by atoms with Crippen molar-refractivity contribution in [3.63, 3.8) is 0 Å². The van der Waals surface area contributed by atoms with Crippen LogP contribution < -0.4 is 11.1 Å². The van der Waals surface area contributed by atoms with Gasteiger partial charge in [0.2, 0.25) is 0 Å². The highest BCUT2D eigenvalue weighted by atomic mass is 79.9. The number of halogens is 2. The number of hydrogen-bond acceptors (Lipinski definition) is 3. The highest BCUT2D eigenvalue weighted by Crippen LogP contribution is 2.25. The van der Waals surface area contributed by atoms with E-state index in [1.54, 1.807) is 12.1 Å². The molecule has 0 saturated heterocycles. The number of carbonyl (C=O) groups excluding carboxylic acids is 1. The molecule has 0 spiro atoms. The first-order chi connectivity index (χ1) is 8.99. The fourth-order valence-electron chi connectivity index (χ4n) is 1.54. The number of aromatic nitrogens is 1. The molecule has 1 aromatic carbocycles. The molecule has 98 valence electrons. The van der Waals surface area contributed by atoms with Gasteiger partial charge in [-0.2, -0.15) is 0 Å². The Morgan fingerprint density at radius 2 is 2.11 bits per heavy atom. The molecule has 3 N–H and O–H groups in total. The van der Waals surface area contributed by atoms with Gasteiger partial charge in [-0.15, -0.1) is 0 Å². The molecule has 1 amide bonds. The van der Waals surface area contributed by atoms with Crippen molar-refractivity contribution in [2.45, 2.75) is 6.92 Å². The Labute approximate surface area is 127 Å². The highest BCUT2D eigenvalue weighted by Gasteiger charge is 2.13. The van der Waals surface area contributed by atoms with Crippen LogP contribution in [-0.2, 0) is 0 Å². The number of nitrogens with zero attached hydrogens (tertiary/aromatic N) is 1. The third kappa shape index (κ3) is 3.13. The molecular formula is C13H11Br2N3O. The molecule has 19 heavy (non-hydrogen) atoms. The van der Waals surface area contributed by atoms with Gasteiger partial charge in [-0.25, -0.2) is 4.98 Å². The number of amides is 1. The summed E-state index contributed by atoms with van der Waals surface area (Å²) in [7, 11) is 0. The van der Waals surface area contributed by atoms with Gasteiger partial charge in [0, 0.05) is 4.47 Å². The number of nitrogens with one attached hydrogen (secondary N) is 1. The minimum atomic E-state index is -0.228. The van der Waals surface area contributed by atoms with Gasteiger partial charge in [-0.1, -0.05) is 12.1 Å². The smallest absolute Gasteiger partial charge is 0.258 e. The summed E-state index contributed by atoms with van der Waals surface area (Å²) in [6.07, 6.45) is 1.49. The lowest BCUT2D eigenvalue weighted by Gasteiger charge is -2.09. The van der Waals surface area contributed by atoms with Crippen molar-refractivity contribution in [2.75, 3.05) is 11.1 Å². The number of aryl methyl sites for hydroxylation is 1. The van der Waals surface area contributed by atoms with Crippen LogP contribution >= 0.6 is 31.9 Å². The van der Waals surface area contributed by atoms with Gasteiger partial charge in [-0.05, 0) is 56.5 Å². The van der Waals surface area contributed by atoms with E-state index in [0.29, 0.717) is 21.5 Å². The van der Waals surface area contributed by atoms with Gasteiger partial charge in [0.1, 0.15) is 5.82 Å². The molecule has 0 unspecified atom stereocenters. The van der Waals surface area contributed by atoms with Gasteiger partial charge >= 0.3 is 0 Å². The summed E-state index contributed by atoms with van der Waals surface area (Å²) in [4.78, 5) is 16.3. The van der Waals surface area contributed by atoms with Gasteiger partial charge in [-0.3, -0.25) is 4.79 Å². The zero-order chi connectivity index (χ0) is 14.0. The summed E-state index contributed by atoms with van der Waals surface area (Å²) < 4.78 is 1.42. The van der Waals surface area contributed by atoms with Crippen molar-refractivity contribution in [3.05, 3.63) is 50.5 Å². The van der Waals surface area contributed by atoms with Gasteiger partial charge in [0.05, 0.1) is 21.9 Å². The molecule has 0 fully saturated rings. The Bertz CT molecular complexity index is 644. The molecule has 2 aromatic rings. The van der Waals surface area contributed by atoms with Crippen LogP contribution in [0.1, 0.15) is 15.9 Å². The molecule has 0 aliphatic carbocycles. The fraction of sp³-hybridized carbons (Fsp3) is 0.0769. The van der Waals surface area contributed by atoms with Gasteiger partial charge in [0.25, 0.3) is 5.91 Å². The van der Waals surface area contributed by atoms with Crippen LogP contribution in [0, 0.1) is 6.92 Å². The Hall–Kier alpha value is -1.40. The molecule has 6 heteroatoms. The summed E-state index contributed by atoms with van der Waals surface area (Å²) in [6.45, 7) is 1.93. The van der Waals surface area contributed by atoms with E-state index in [-0.39, 0.29) is 5.91 Å². The molecule has 1 aromatic heterocycles. The van der Waals surface area contributed by atoms with E-state index in [1.165, 1.54) is 6.20 Å². The zero-order valence-corrected chi connectivity index (χ0v) is 13.2. The minimum absolute atomic E-state index is 0.228. The molecule has 0 atom stereocenters. The molecular weight excluding hydrogens is 374 g/mol. The van der Waals surface area contributed by atoms with Crippen LogP contribution in [0.2, 0.25) is 0 Å².